The highest BCUT2D eigenvalue weighted by atomic mass is 35.6. The molecule has 0 aromatic rings. The fraction of sp³-hybridized carbons (Fsp3) is 0.846. The van der Waals surface area contributed by atoms with Gasteiger partial charge in [0, 0.05) is 0 Å². The fourth-order valence-electron chi connectivity index (χ4n) is 2.12. The normalized spacial score (nSPS) is 17.6. The van der Waals surface area contributed by atoms with Crippen LogP contribution in [0.1, 0.15) is 39.5 Å². The Morgan fingerprint density at radius 3 is 2.24 bits per heavy atom. The van der Waals surface area contributed by atoms with Crippen molar-refractivity contribution in [1.82, 2.24) is 5.32 Å². The maximum Gasteiger partial charge on any atom is 0.408 e. The summed E-state index contributed by atoms with van der Waals surface area (Å²) in [6.07, 6.45) is 1.92. The van der Waals surface area contributed by atoms with Crippen LogP contribution >= 0.6 is 34.8 Å². The molecule has 0 saturated heterocycles. The molecule has 1 aliphatic carbocycles. The van der Waals surface area contributed by atoms with E-state index in [2.05, 4.69) is 5.32 Å². The second-order valence-electron chi connectivity index (χ2n) is 5.60. The Bertz CT molecular complexity index is 376. The van der Waals surface area contributed by atoms with E-state index in [-0.39, 0.29) is 12.5 Å². The van der Waals surface area contributed by atoms with Gasteiger partial charge < -0.3 is 14.8 Å². The van der Waals surface area contributed by atoms with E-state index in [9.17, 15) is 9.59 Å². The van der Waals surface area contributed by atoms with Crippen LogP contribution in [0.2, 0.25) is 0 Å². The van der Waals surface area contributed by atoms with Gasteiger partial charge in [-0.25, -0.2) is 9.59 Å². The minimum atomic E-state index is -1.68. The summed E-state index contributed by atoms with van der Waals surface area (Å²) < 4.78 is 8.38. The predicted octanol–water partition coefficient (Wildman–Crippen LogP) is 3.59. The lowest BCUT2D eigenvalue weighted by Gasteiger charge is -2.28. The lowest BCUT2D eigenvalue weighted by atomic mass is 9.98. The Kier molecular flexibility index (Phi) is 6.88. The second kappa shape index (κ2) is 7.75. The third-order valence-electron chi connectivity index (χ3n) is 3.10. The molecule has 1 rings (SSSR count). The molecule has 1 amide bonds. The van der Waals surface area contributed by atoms with Crippen molar-refractivity contribution in [2.24, 2.45) is 5.92 Å². The number of halogens is 3. The zero-order valence-corrected chi connectivity index (χ0v) is 14.4. The third-order valence-corrected chi connectivity index (χ3v) is 3.43. The molecule has 8 heteroatoms. The van der Waals surface area contributed by atoms with E-state index < -0.39 is 21.4 Å². The first kappa shape index (κ1) is 18.7. The molecule has 122 valence electrons. The largest absolute Gasteiger partial charge is 0.464 e. The number of hydrogen-bond donors (Lipinski definition) is 1. The number of nitrogens with one attached hydrogen (secondary N) is 1. The zero-order chi connectivity index (χ0) is 16.1. The average molecular weight is 361 g/mol. The number of carbonyl (C=O) groups is 2. The highest BCUT2D eigenvalue weighted by Gasteiger charge is 2.44. The monoisotopic (exact) mass is 359 g/mol. The molecular formula is C13H20Cl3NO4. The quantitative estimate of drug-likeness (QED) is 0.601. The molecule has 0 unspecified atom stereocenters. The van der Waals surface area contributed by atoms with Gasteiger partial charge in [0.25, 0.3) is 0 Å². The highest BCUT2D eigenvalue weighted by Crippen LogP contribution is 2.31. The summed E-state index contributed by atoms with van der Waals surface area (Å²) in [5, 5.41) is 2.58. The van der Waals surface area contributed by atoms with E-state index in [4.69, 9.17) is 44.3 Å². The van der Waals surface area contributed by atoms with Crippen molar-refractivity contribution in [3.05, 3.63) is 0 Å². The molecule has 1 saturated carbocycles. The van der Waals surface area contributed by atoms with E-state index in [1.54, 1.807) is 0 Å². The van der Waals surface area contributed by atoms with E-state index in [0.29, 0.717) is 19.4 Å². The zero-order valence-electron chi connectivity index (χ0n) is 12.1. The summed E-state index contributed by atoms with van der Waals surface area (Å²) in [5.41, 5.74) is -1.03. The number of ether oxygens (including phenoxy) is 2. The molecule has 1 N–H and O–H groups in total. The van der Waals surface area contributed by atoms with Crippen LogP contribution in [-0.4, -0.2) is 34.6 Å². The molecule has 0 spiro atoms. The van der Waals surface area contributed by atoms with Gasteiger partial charge in [0.2, 0.25) is 3.79 Å². The lowest BCUT2D eigenvalue weighted by molar-refractivity contribution is -0.152. The topological polar surface area (TPSA) is 64.6 Å². The SMILES string of the molecule is CC(C)COC(=O)C1(NC(=O)OCC(Cl)(Cl)Cl)CCCC1. The molecule has 0 bridgehead atoms. The Hall–Kier alpha value is -0.390. The highest BCUT2D eigenvalue weighted by molar-refractivity contribution is 6.67. The number of rotatable bonds is 5. The molecular weight excluding hydrogens is 341 g/mol. The number of hydrogen-bond acceptors (Lipinski definition) is 4. The summed E-state index contributed by atoms with van der Waals surface area (Å²) >= 11 is 16.5. The van der Waals surface area contributed by atoms with Crippen molar-refractivity contribution in [3.63, 3.8) is 0 Å². The number of carbonyl (C=O) groups excluding carboxylic acids is 2. The maximum atomic E-state index is 12.2. The van der Waals surface area contributed by atoms with Gasteiger partial charge in [-0.3, -0.25) is 0 Å². The molecule has 0 aromatic carbocycles. The summed E-state index contributed by atoms with van der Waals surface area (Å²) in [4.78, 5) is 24.0. The number of esters is 1. The molecule has 1 aliphatic rings. The van der Waals surface area contributed by atoms with E-state index >= 15 is 0 Å². The molecule has 0 aliphatic heterocycles. The van der Waals surface area contributed by atoms with Crippen LogP contribution in [0.25, 0.3) is 0 Å². The van der Waals surface area contributed by atoms with Crippen molar-refractivity contribution in [1.29, 1.82) is 0 Å². The predicted molar refractivity (Wildman–Crippen MR) is 81.8 cm³/mol. The van der Waals surface area contributed by atoms with Crippen molar-refractivity contribution < 1.29 is 19.1 Å². The van der Waals surface area contributed by atoms with Crippen LogP contribution in [0.3, 0.4) is 0 Å². The van der Waals surface area contributed by atoms with Crippen molar-refractivity contribution in [2.75, 3.05) is 13.2 Å². The Morgan fingerprint density at radius 2 is 1.76 bits per heavy atom. The van der Waals surface area contributed by atoms with Gasteiger partial charge in [-0.1, -0.05) is 61.5 Å². The number of alkyl halides is 3. The Labute approximate surface area is 139 Å². The van der Waals surface area contributed by atoms with Gasteiger partial charge in [-0.15, -0.1) is 0 Å². The molecule has 21 heavy (non-hydrogen) atoms. The summed E-state index contributed by atoms with van der Waals surface area (Å²) in [6, 6.07) is 0. The molecule has 0 heterocycles. The van der Waals surface area contributed by atoms with Gasteiger partial charge in [0.1, 0.15) is 12.1 Å². The summed E-state index contributed by atoms with van der Waals surface area (Å²) in [5.74, 6) is -0.205. The van der Waals surface area contributed by atoms with Crippen LogP contribution < -0.4 is 5.32 Å². The first-order chi connectivity index (χ1) is 9.65. The summed E-state index contributed by atoms with van der Waals surface area (Å²) in [6.45, 7) is 3.81. The molecule has 0 radical (unpaired) electrons. The lowest BCUT2D eigenvalue weighted by Crippen LogP contribution is -2.54. The first-order valence-electron chi connectivity index (χ1n) is 6.83. The van der Waals surface area contributed by atoms with Gasteiger partial charge in [-0.2, -0.15) is 0 Å². The van der Waals surface area contributed by atoms with E-state index in [1.807, 2.05) is 13.8 Å². The fourth-order valence-corrected chi connectivity index (χ4v) is 2.28. The Morgan fingerprint density at radius 1 is 1.19 bits per heavy atom. The van der Waals surface area contributed by atoms with Crippen LogP contribution in [0.15, 0.2) is 0 Å². The van der Waals surface area contributed by atoms with Crippen molar-refractivity contribution in [3.8, 4) is 0 Å². The Balaban J connectivity index is 2.59. The number of alkyl carbamates (subject to hydrolysis) is 1. The third kappa shape index (κ3) is 6.49. The van der Waals surface area contributed by atoms with Crippen LogP contribution in [0.5, 0.6) is 0 Å². The smallest absolute Gasteiger partial charge is 0.408 e. The first-order valence-corrected chi connectivity index (χ1v) is 7.97. The average Bonchev–Trinajstić information content (AvgIpc) is 2.82. The minimum absolute atomic E-state index is 0.226. The molecule has 0 aromatic heterocycles. The van der Waals surface area contributed by atoms with E-state index in [0.717, 1.165) is 12.8 Å². The molecule has 1 fully saturated rings. The summed E-state index contributed by atoms with van der Waals surface area (Å²) in [7, 11) is 0. The standard InChI is InChI=1S/C13H20Cl3NO4/c1-9(2)7-20-10(18)12(5-3-4-6-12)17-11(19)21-8-13(14,15)16/h9H,3-8H2,1-2H3,(H,17,19). The van der Waals surface area contributed by atoms with Gasteiger partial charge in [0.05, 0.1) is 6.61 Å². The molecule has 0 atom stereocenters. The van der Waals surface area contributed by atoms with Gasteiger partial charge >= 0.3 is 12.1 Å². The van der Waals surface area contributed by atoms with Crippen molar-refractivity contribution in [2.45, 2.75) is 48.9 Å². The maximum absolute atomic E-state index is 12.2. The number of amides is 1. The van der Waals surface area contributed by atoms with Gasteiger partial charge in [-0.05, 0) is 18.8 Å². The van der Waals surface area contributed by atoms with Gasteiger partial charge in [0.15, 0.2) is 0 Å². The van der Waals surface area contributed by atoms with Crippen LogP contribution in [0, 0.1) is 5.92 Å². The van der Waals surface area contributed by atoms with Crippen LogP contribution in [0.4, 0.5) is 4.79 Å². The van der Waals surface area contributed by atoms with Crippen molar-refractivity contribution >= 4 is 46.9 Å². The minimum Gasteiger partial charge on any atom is -0.464 e. The van der Waals surface area contributed by atoms with Crippen LogP contribution in [-0.2, 0) is 14.3 Å². The molecule has 5 nitrogen and oxygen atoms in total. The van der Waals surface area contributed by atoms with E-state index in [1.165, 1.54) is 0 Å². The second-order valence-corrected chi connectivity index (χ2v) is 8.11.